The molecule has 0 bridgehead atoms. The maximum absolute atomic E-state index is 12.8. The van der Waals surface area contributed by atoms with Crippen LogP contribution in [-0.2, 0) is 55.6 Å². The predicted octanol–water partition coefficient (Wildman–Crippen LogP) is -5.22. The van der Waals surface area contributed by atoms with Crippen LogP contribution in [0.15, 0.2) is 0 Å². The van der Waals surface area contributed by atoms with Crippen molar-refractivity contribution in [2.75, 3.05) is 67.0 Å². The Bertz CT molecular complexity index is 1120. The fourth-order valence-corrected chi connectivity index (χ4v) is 6.79. The largest absolute Gasteiger partial charge is 0.472 e. The molecule has 0 spiro atoms. The van der Waals surface area contributed by atoms with Gasteiger partial charge in [0.2, 0.25) is 0 Å². The van der Waals surface area contributed by atoms with E-state index in [4.69, 9.17) is 47.7 Å². The number of ether oxygens (including phenoxy) is 6. The van der Waals surface area contributed by atoms with E-state index in [1.54, 1.807) is 0 Å². The van der Waals surface area contributed by atoms with Crippen molar-refractivity contribution in [3.8, 4) is 0 Å². The first-order valence-corrected chi connectivity index (χ1v) is 19.5. The van der Waals surface area contributed by atoms with Gasteiger partial charge in [0.25, 0.3) is 0 Å². The zero-order valence-corrected chi connectivity index (χ0v) is 30.9. The van der Waals surface area contributed by atoms with Crippen molar-refractivity contribution in [2.24, 2.45) is 5.73 Å². The van der Waals surface area contributed by atoms with Crippen molar-refractivity contribution >= 4 is 15.6 Å². The van der Waals surface area contributed by atoms with Gasteiger partial charge in [-0.05, 0) is 25.8 Å². The van der Waals surface area contributed by atoms with Gasteiger partial charge < -0.3 is 89.9 Å². The van der Waals surface area contributed by atoms with E-state index in [-0.39, 0.29) is 6.61 Å². The number of phosphoric acid groups is 2. The van der Waals surface area contributed by atoms with Crippen molar-refractivity contribution < 1.29 is 111 Å². The molecule has 2 aliphatic rings. The van der Waals surface area contributed by atoms with E-state index in [1.807, 2.05) is 0 Å². The van der Waals surface area contributed by atoms with Gasteiger partial charge in [-0.15, -0.1) is 0 Å². The molecule has 316 valence electrons. The highest BCUT2D eigenvalue weighted by Crippen LogP contribution is 2.48. The van der Waals surface area contributed by atoms with Gasteiger partial charge in [-0.25, -0.2) is 9.13 Å². The molecule has 2 aliphatic heterocycles. The zero-order chi connectivity index (χ0) is 39.9. The number of nitrogens with two attached hydrogens (primary N) is 1. The van der Waals surface area contributed by atoms with Crippen LogP contribution in [0.3, 0.4) is 0 Å². The number of phosphoric ester groups is 2. The van der Waals surface area contributed by atoms with E-state index in [2.05, 4.69) is 4.52 Å². The summed E-state index contributed by atoms with van der Waals surface area (Å²) in [4.78, 5) is 20.1. The van der Waals surface area contributed by atoms with Crippen LogP contribution in [-0.4, -0.2) is 209 Å². The Hall–Kier alpha value is -0.420. The Morgan fingerprint density at radius 2 is 1.11 bits per heavy atom. The fourth-order valence-electron chi connectivity index (χ4n) is 5.05. The summed E-state index contributed by atoms with van der Waals surface area (Å²) in [6, 6.07) is 0. The standard InChI is InChI=1S/C27H55NO23P2/c1-42-24-22(37)18(8-29)49-26(24)44-10-14(31)21(36)17(34)13-48-53(40,41)51-23-19(9-30)50-27(25(23)43-2)45-11-15(32)20(35)16(33)12-47-52(38,39)46-7-5-3-4-6-28/h14-27,29-37H,3-13,28H2,1-2H3,(H,38,39)(H,40,41)/t14?,15?,16?,17?,18-,19-,20?,21?,22?,23?,24+,25+,26-,27-/m1/s1. The molecule has 24 nitrogen and oxygen atoms in total. The lowest BCUT2D eigenvalue weighted by atomic mass is 10.1. The number of hydrogen-bond acceptors (Lipinski definition) is 22. The summed E-state index contributed by atoms with van der Waals surface area (Å²) in [7, 11) is -7.38. The van der Waals surface area contributed by atoms with Gasteiger partial charge in [0.1, 0.15) is 73.2 Å². The molecule has 0 aromatic rings. The van der Waals surface area contributed by atoms with Crippen LogP contribution in [0.4, 0.5) is 0 Å². The van der Waals surface area contributed by atoms with E-state index < -0.39 is 141 Å². The second-order valence-corrected chi connectivity index (χ2v) is 14.9. The maximum atomic E-state index is 12.8. The van der Waals surface area contributed by atoms with E-state index >= 15 is 0 Å². The lowest BCUT2D eigenvalue weighted by molar-refractivity contribution is -0.198. The van der Waals surface area contributed by atoms with E-state index in [9.17, 15) is 64.9 Å². The number of unbranched alkanes of at least 4 members (excludes halogenated alkanes) is 2. The van der Waals surface area contributed by atoms with Gasteiger partial charge in [0, 0.05) is 14.2 Å². The fraction of sp³-hybridized carbons (Fsp3) is 1.00. The van der Waals surface area contributed by atoms with Gasteiger partial charge in [0.05, 0.1) is 46.2 Å². The first-order valence-electron chi connectivity index (χ1n) is 16.5. The highest BCUT2D eigenvalue weighted by Gasteiger charge is 2.50. The Kier molecular flexibility index (Phi) is 21.8. The van der Waals surface area contributed by atoms with Gasteiger partial charge >= 0.3 is 15.6 Å². The Morgan fingerprint density at radius 1 is 0.642 bits per heavy atom. The minimum atomic E-state index is -5.15. The molecular weight excluding hydrogens is 768 g/mol. The smallest absolute Gasteiger partial charge is 0.394 e. The topological polar surface area (TPSA) is 375 Å². The van der Waals surface area contributed by atoms with Gasteiger partial charge in [-0.1, -0.05) is 0 Å². The summed E-state index contributed by atoms with van der Waals surface area (Å²) < 4.78 is 75.7. The monoisotopic (exact) mass is 823 g/mol. The number of aliphatic hydroxyl groups excluding tert-OH is 9. The molecule has 0 aromatic carbocycles. The van der Waals surface area contributed by atoms with E-state index in [1.165, 1.54) is 7.11 Å². The molecule has 0 radical (unpaired) electrons. The van der Waals surface area contributed by atoms with Crippen molar-refractivity contribution in [3.63, 3.8) is 0 Å². The van der Waals surface area contributed by atoms with Crippen LogP contribution >= 0.6 is 15.6 Å². The highest BCUT2D eigenvalue weighted by atomic mass is 31.2. The van der Waals surface area contributed by atoms with Crippen LogP contribution in [0.5, 0.6) is 0 Å². The maximum Gasteiger partial charge on any atom is 0.472 e. The summed E-state index contributed by atoms with van der Waals surface area (Å²) in [5, 5.41) is 90.7. The van der Waals surface area contributed by atoms with Crippen molar-refractivity contribution in [2.45, 2.75) is 105 Å². The molecule has 0 saturated carbocycles. The average Bonchev–Trinajstić information content (AvgIpc) is 3.63. The SMILES string of the molecule is CO[C@H]1C(O)[C@@H](CO)O[C@H]1OCC(O)C(O)C(O)COP(=O)(O)OC1[C@@H](CO)O[C@@H](OCC(O)C(O)C(O)COP(=O)(O)OCCCCCN)[C@H]1OC. The minimum absolute atomic E-state index is 0.123. The quantitative estimate of drug-likeness (QED) is 0.0259. The molecule has 53 heavy (non-hydrogen) atoms. The Labute approximate surface area is 305 Å². The summed E-state index contributed by atoms with van der Waals surface area (Å²) >= 11 is 0. The Balaban J connectivity index is 1.85. The van der Waals surface area contributed by atoms with Crippen LogP contribution < -0.4 is 5.73 Å². The van der Waals surface area contributed by atoms with Gasteiger partial charge in [-0.2, -0.15) is 0 Å². The van der Waals surface area contributed by atoms with E-state index in [0.717, 1.165) is 7.11 Å². The summed E-state index contributed by atoms with van der Waals surface area (Å²) in [5.41, 5.74) is 5.37. The molecule has 10 unspecified atom stereocenters. The molecular formula is C27H55NO23P2. The number of aliphatic hydroxyl groups is 9. The molecule has 0 aromatic heterocycles. The zero-order valence-electron chi connectivity index (χ0n) is 29.2. The lowest BCUT2D eigenvalue weighted by Gasteiger charge is -2.27. The molecule has 26 heteroatoms. The van der Waals surface area contributed by atoms with Crippen LogP contribution in [0, 0.1) is 0 Å². The van der Waals surface area contributed by atoms with Gasteiger partial charge in [0.15, 0.2) is 12.6 Å². The number of methoxy groups -OCH3 is 2. The summed E-state index contributed by atoms with van der Waals surface area (Å²) in [6.07, 6.45) is -20.2. The Morgan fingerprint density at radius 3 is 1.60 bits per heavy atom. The second kappa shape index (κ2) is 23.7. The molecule has 0 amide bonds. The molecule has 13 N–H and O–H groups in total. The highest BCUT2D eigenvalue weighted by molar-refractivity contribution is 7.47. The third-order valence-corrected chi connectivity index (χ3v) is 10.0. The van der Waals surface area contributed by atoms with Crippen molar-refractivity contribution in [1.29, 1.82) is 0 Å². The van der Waals surface area contributed by atoms with Crippen LogP contribution in [0.2, 0.25) is 0 Å². The number of rotatable bonds is 28. The first kappa shape index (κ1) is 48.7. The van der Waals surface area contributed by atoms with Crippen LogP contribution in [0.1, 0.15) is 19.3 Å². The second-order valence-electron chi connectivity index (χ2n) is 12.0. The lowest BCUT2D eigenvalue weighted by Crippen LogP contribution is -2.44. The summed E-state index contributed by atoms with van der Waals surface area (Å²) in [6.45, 7) is -4.49. The third-order valence-electron chi connectivity index (χ3n) is 8.08. The number of hydrogen-bond donors (Lipinski definition) is 12. The summed E-state index contributed by atoms with van der Waals surface area (Å²) in [5.74, 6) is 0. The molecule has 0 aliphatic carbocycles. The van der Waals surface area contributed by atoms with Crippen LogP contribution in [0.25, 0.3) is 0 Å². The third kappa shape index (κ3) is 15.5. The van der Waals surface area contributed by atoms with Gasteiger partial charge in [-0.3, -0.25) is 18.1 Å². The normalized spacial score (nSPS) is 32.1. The molecule has 2 fully saturated rings. The van der Waals surface area contributed by atoms with Crippen molar-refractivity contribution in [3.05, 3.63) is 0 Å². The first-order chi connectivity index (χ1) is 24.9. The molecule has 2 heterocycles. The average molecular weight is 824 g/mol. The van der Waals surface area contributed by atoms with E-state index in [0.29, 0.717) is 25.8 Å². The molecule has 2 rings (SSSR count). The predicted molar refractivity (Wildman–Crippen MR) is 172 cm³/mol. The minimum Gasteiger partial charge on any atom is -0.394 e. The molecule has 2 saturated heterocycles. The molecule has 16 atom stereocenters. The van der Waals surface area contributed by atoms with Crippen molar-refractivity contribution in [1.82, 2.24) is 0 Å².